The van der Waals surface area contributed by atoms with Crippen LogP contribution in [0.2, 0.25) is 0 Å². The highest BCUT2D eigenvalue weighted by Crippen LogP contribution is 2.54. The zero-order chi connectivity index (χ0) is 25.1. The van der Waals surface area contributed by atoms with Crippen LogP contribution in [0.3, 0.4) is 0 Å². The van der Waals surface area contributed by atoms with Gasteiger partial charge in [0.2, 0.25) is 5.88 Å². The molecule has 1 aliphatic carbocycles. The van der Waals surface area contributed by atoms with Crippen molar-refractivity contribution in [2.24, 2.45) is 0 Å². The van der Waals surface area contributed by atoms with Crippen LogP contribution in [-0.2, 0) is 19.3 Å². The molecule has 2 aliphatic heterocycles. The van der Waals surface area contributed by atoms with Crippen molar-refractivity contribution in [3.8, 4) is 17.4 Å². The van der Waals surface area contributed by atoms with Crippen LogP contribution in [0.25, 0.3) is 0 Å². The van der Waals surface area contributed by atoms with E-state index in [1.165, 1.54) is 24.3 Å². The number of hydrogen-bond donors (Lipinski definition) is 0. The molecule has 1 spiro atoms. The van der Waals surface area contributed by atoms with Crippen molar-refractivity contribution >= 4 is 5.82 Å². The number of rotatable bonds is 5. The molecule has 0 amide bonds. The molecule has 36 heavy (non-hydrogen) atoms. The number of alkyl halides is 3. The second-order valence-corrected chi connectivity index (χ2v) is 9.52. The van der Waals surface area contributed by atoms with Gasteiger partial charge in [-0.05, 0) is 55.9 Å². The van der Waals surface area contributed by atoms with Crippen molar-refractivity contribution in [2.45, 2.75) is 63.0 Å². The number of benzene rings is 1. The maximum atomic E-state index is 14.6. The number of fused-ring (bicyclic) bond motifs is 4. The number of piperidine rings is 1. The van der Waals surface area contributed by atoms with Crippen molar-refractivity contribution in [2.75, 3.05) is 4.90 Å². The smallest absolute Gasteiger partial charge is 0.433 e. The van der Waals surface area contributed by atoms with Gasteiger partial charge in [0.1, 0.15) is 23.9 Å². The number of nitrogens with zero attached hydrogens (tertiary/aromatic N) is 4. The Hall–Kier alpha value is -3.63. The lowest BCUT2D eigenvalue weighted by Crippen LogP contribution is -2.46. The number of halogens is 4. The van der Waals surface area contributed by atoms with Crippen LogP contribution in [0.15, 0.2) is 47.4 Å². The first kappa shape index (κ1) is 22.8. The largest absolute Gasteiger partial charge is 0.473 e. The molecule has 3 aromatic rings. The molecule has 11 heteroatoms. The van der Waals surface area contributed by atoms with Crippen molar-refractivity contribution in [3.63, 3.8) is 0 Å². The minimum Gasteiger partial charge on any atom is -0.473 e. The quantitative estimate of drug-likeness (QED) is 0.454. The van der Waals surface area contributed by atoms with Crippen LogP contribution in [0.1, 0.15) is 43.4 Å². The summed E-state index contributed by atoms with van der Waals surface area (Å²) >= 11 is 0. The van der Waals surface area contributed by atoms with Gasteiger partial charge in [0, 0.05) is 36.5 Å². The van der Waals surface area contributed by atoms with E-state index in [1.54, 1.807) is 10.6 Å². The molecule has 2 fully saturated rings. The molecule has 1 saturated heterocycles. The van der Waals surface area contributed by atoms with Crippen molar-refractivity contribution in [1.82, 2.24) is 14.5 Å². The Balaban J connectivity index is 1.17. The Morgan fingerprint density at radius 1 is 1.11 bits per heavy atom. The molecule has 0 bridgehead atoms. The second kappa shape index (κ2) is 8.21. The first-order valence-corrected chi connectivity index (χ1v) is 11.8. The van der Waals surface area contributed by atoms with Crippen molar-refractivity contribution in [1.29, 1.82) is 0 Å². The number of ether oxygens (including phenoxy) is 2. The van der Waals surface area contributed by atoms with Gasteiger partial charge in [0.05, 0.1) is 0 Å². The van der Waals surface area contributed by atoms with E-state index in [0.717, 1.165) is 44.1 Å². The van der Waals surface area contributed by atoms with Crippen molar-refractivity contribution in [3.05, 3.63) is 70.2 Å². The van der Waals surface area contributed by atoms with E-state index in [1.807, 2.05) is 0 Å². The van der Waals surface area contributed by atoms with E-state index in [-0.39, 0.29) is 35.2 Å². The molecule has 1 atom stereocenters. The molecular formula is C25H22F4N4O3. The topological polar surface area (TPSA) is 69.5 Å². The molecular weight excluding hydrogens is 480 g/mol. The Morgan fingerprint density at radius 2 is 1.94 bits per heavy atom. The average Bonchev–Trinajstić information content (AvgIpc) is 3.48. The second-order valence-electron chi connectivity index (χ2n) is 9.52. The monoisotopic (exact) mass is 502 g/mol. The SMILES string of the molecule is O=c1nc(OCc2ccc(Oc3ccnc(C(F)(F)F)c3)c(F)c2)cc2n1CC1CCCC3(CC3)N21. The van der Waals surface area contributed by atoms with E-state index in [4.69, 9.17) is 9.47 Å². The summed E-state index contributed by atoms with van der Waals surface area (Å²) in [4.78, 5) is 22.4. The predicted molar refractivity (Wildman–Crippen MR) is 121 cm³/mol. The third-order valence-corrected chi connectivity index (χ3v) is 7.12. The summed E-state index contributed by atoms with van der Waals surface area (Å²) in [5.41, 5.74) is -0.895. The number of anilines is 1. The van der Waals surface area contributed by atoms with E-state index in [2.05, 4.69) is 14.9 Å². The third-order valence-electron chi connectivity index (χ3n) is 7.12. The lowest BCUT2D eigenvalue weighted by Gasteiger charge is -2.39. The fourth-order valence-electron chi connectivity index (χ4n) is 5.30. The predicted octanol–water partition coefficient (Wildman–Crippen LogP) is 5.07. The van der Waals surface area contributed by atoms with E-state index >= 15 is 0 Å². The molecule has 0 N–H and O–H groups in total. The molecule has 4 heterocycles. The van der Waals surface area contributed by atoms with E-state index in [9.17, 15) is 22.4 Å². The van der Waals surface area contributed by atoms with Gasteiger partial charge in [-0.2, -0.15) is 18.2 Å². The maximum Gasteiger partial charge on any atom is 0.433 e. The summed E-state index contributed by atoms with van der Waals surface area (Å²) in [6, 6.07) is 8.01. The van der Waals surface area contributed by atoms with Crippen LogP contribution in [0.5, 0.6) is 17.4 Å². The Kier molecular flexibility index (Phi) is 5.20. The zero-order valence-corrected chi connectivity index (χ0v) is 19.1. The van der Waals surface area contributed by atoms with Crippen LogP contribution >= 0.6 is 0 Å². The molecule has 3 aliphatic rings. The van der Waals surface area contributed by atoms with Crippen LogP contribution in [0.4, 0.5) is 23.4 Å². The minimum absolute atomic E-state index is 0.0465. The highest BCUT2D eigenvalue weighted by molar-refractivity contribution is 5.53. The third kappa shape index (κ3) is 4.06. The minimum atomic E-state index is -4.64. The van der Waals surface area contributed by atoms with Gasteiger partial charge in [0.25, 0.3) is 0 Å². The molecule has 1 saturated carbocycles. The van der Waals surface area contributed by atoms with Crippen LogP contribution < -0.4 is 20.1 Å². The first-order chi connectivity index (χ1) is 17.2. The van der Waals surface area contributed by atoms with Gasteiger partial charge >= 0.3 is 11.9 Å². The summed E-state index contributed by atoms with van der Waals surface area (Å²) < 4.78 is 65.9. The number of pyridine rings is 1. The van der Waals surface area contributed by atoms with Crippen LogP contribution in [-0.4, -0.2) is 26.1 Å². The molecule has 7 nitrogen and oxygen atoms in total. The molecule has 1 unspecified atom stereocenters. The summed E-state index contributed by atoms with van der Waals surface area (Å²) in [6.07, 6.45) is 1.89. The van der Waals surface area contributed by atoms with Gasteiger partial charge in [-0.15, -0.1) is 0 Å². The highest BCUT2D eigenvalue weighted by atomic mass is 19.4. The maximum absolute atomic E-state index is 14.6. The fourth-order valence-corrected chi connectivity index (χ4v) is 5.30. The molecule has 0 radical (unpaired) electrons. The number of hydrogen-bond acceptors (Lipinski definition) is 6. The Morgan fingerprint density at radius 3 is 2.69 bits per heavy atom. The molecule has 6 rings (SSSR count). The average molecular weight is 502 g/mol. The van der Waals surface area contributed by atoms with Gasteiger partial charge < -0.3 is 14.4 Å². The first-order valence-electron chi connectivity index (χ1n) is 11.8. The summed E-state index contributed by atoms with van der Waals surface area (Å²) in [7, 11) is 0. The molecule has 2 aromatic heterocycles. The fraction of sp³-hybridized carbons (Fsp3) is 0.400. The Bertz CT molecular complexity index is 1390. The summed E-state index contributed by atoms with van der Waals surface area (Å²) in [6.45, 7) is 0.590. The van der Waals surface area contributed by atoms with Gasteiger partial charge in [0.15, 0.2) is 11.6 Å². The van der Waals surface area contributed by atoms with Gasteiger partial charge in [-0.3, -0.25) is 9.55 Å². The molecule has 188 valence electrons. The van der Waals surface area contributed by atoms with Crippen molar-refractivity contribution < 1.29 is 27.0 Å². The molecule has 1 aromatic carbocycles. The standard InChI is InChI=1S/C25H22F4N4O3/c26-18-10-15(3-4-19(18)36-17-5-9-30-20(11-17)25(27,28)29)14-35-21-12-22-32(23(34)31-21)13-16-2-1-6-24(7-8-24)33(16)22/h3-5,9-12,16H,1-2,6-8,13-14H2. The highest BCUT2D eigenvalue weighted by Gasteiger charge is 2.55. The lowest BCUT2D eigenvalue weighted by molar-refractivity contribution is -0.141. The number of aromatic nitrogens is 3. The van der Waals surface area contributed by atoms with E-state index in [0.29, 0.717) is 24.2 Å². The van der Waals surface area contributed by atoms with Gasteiger partial charge in [-0.1, -0.05) is 6.07 Å². The summed E-state index contributed by atoms with van der Waals surface area (Å²) in [5, 5.41) is 0. The normalized spacial score (nSPS) is 19.7. The summed E-state index contributed by atoms with van der Waals surface area (Å²) in [5.74, 6) is -0.191. The van der Waals surface area contributed by atoms with Gasteiger partial charge in [-0.25, -0.2) is 9.18 Å². The van der Waals surface area contributed by atoms with Crippen LogP contribution in [0, 0.1) is 5.82 Å². The lowest BCUT2D eigenvalue weighted by atomic mass is 9.95. The van der Waals surface area contributed by atoms with E-state index < -0.39 is 17.7 Å². The zero-order valence-electron chi connectivity index (χ0n) is 19.1. The Labute approximate surface area is 203 Å².